The molecule has 1 N–H and O–H groups in total. The maximum atomic E-state index is 14.1. The molecule has 1 aromatic heterocycles. The summed E-state index contributed by atoms with van der Waals surface area (Å²) in [4.78, 5) is 55.0. The highest BCUT2D eigenvalue weighted by atomic mass is 32.2. The third-order valence-corrected chi connectivity index (χ3v) is 11.0. The van der Waals surface area contributed by atoms with E-state index in [1.165, 1.54) is 12.1 Å². The average molecular weight is 720 g/mol. The van der Waals surface area contributed by atoms with Crippen molar-refractivity contribution in [3.05, 3.63) is 110 Å². The molecular weight excluding hydrogens is 693 g/mol. The molecular formula is C34H27F6N3O4S2. The van der Waals surface area contributed by atoms with Gasteiger partial charge in [-0.25, -0.2) is 4.90 Å². The molecule has 256 valence electrons. The summed E-state index contributed by atoms with van der Waals surface area (Å²) in [6, 6.07) is 15.2. The number of aromatic nitrogens is 1. The summed E-state index contributed by atoms with van der Waals surface area (Å²) in [7, 11) is 0. The molecule has 0 spiro atoms. The number of thioether (sulfide) groups is 1. The van der Waals surface area contributed by atoms with Crippen LogP contribution in [0.2, 0.25) is 0 Å². The van der Waals surface area contributed by atoms with Gasteiger partial charge in [-0.15, -0.1) is 0 Å². The first-order chi connectivity index (χ1) is 22.8. The molecule has 2 aliphatic heterocycles. The van der Waals surface area contributed by atoms with Crippen molar-refractivity contribution in [1.29, 1.82) is 0 Å². The van der Waals surface area contributed by atoms with Gasteiger partial charge in [0.2, 0.25) is 17.7 Å². The quantitative estimate of drug-likeness (QED) is 0.169. The van der Waals surface area contributed by atoms with E-state index in [1.807, 2.05) is 32.9 Å². The van der Waals surface area contributed by atoms with E-state index in [0.29, 0.717) is 10.4 Å². The third kappa shape index (κ3) is 6.53. The number of rotatable bonds is 5. The van der Waals surface area contributed by atoms with E-state index in [0.717, 1.165) is 74.5 Å². The van der Waals surface area contributed by atoms with Crippen LogP contribution in [0.15, 0.2) is 82.6 Å². The lowest BCUT2D eigenvalue weighted by molar-refractivity contribution is -0.138. The largest absolute Gasteiger partial charge is 0.416 e. The van der Waals surface area contributed by atoms with Crippen molar-refractivity contribution in [3.8, 4) is 0 Å². The Kier molecular flexibility index (Phi) is 8.58. The Bertz CT molecular complexity index is 2030. The van der Waals surface area contributed by atoms with Gasteiger partial charge in [0.05, 0.1) is 27.8 Å². The first-order valence-corrected chi connectivity index (χ1v) is 16.6. The van der Waals surface area contributed by atoms with Crippen LogP contribution in [0.3, 0.4) is 0 Å². The van der Waals surface area contributed by atoms with E-state index in [2.05, 4.69) is 5.32 Å². The molecule has 1 fully saturated rings. The van der Waals surface area contributed by atoms with Crippen LogP contribution in [0, 0.1) is 5.92 Å². The minimum Gasteiger partial charge on any atom is -0.325 e. The molecule has 0 saturated carbocycles. The van der Waals surface area contributed by atoms with Crippen molar-refractivity contribution in [1.82, 2.24) is 4.57 Å². The van der Waals surface area contributed by atoms with Gasteiger partial charge >= 0.3 is 17.2 Å². The molecule has 0 unspecified atom stereocenters. The van der Waals surface area contributed by atoms with Crippen LogP contribution in [0.5, 0.6) is 0 Å². The molecule has 0 aliphatic carbocycles. The number of carbonyl (C=O) groups is 3. The molecule has 3 heterocycles. The molecule has 3 amide bonds. The first kappa shape index (κ1) is 34.5. The van der Waals surface area contributed by atoms with Gasteiger partial charge in [-0.1, -0.05) is 80.3 Å². The van der Waals surface area contributed by atoms with Crippen molar-refractivity contribution in [2.24, 2.45) is 5.92 Å². The van der Waals surface area contributed by atoms with E-state index in [-0.39, 0.29) is 21.8 Å². The van der Waals surface area contributed by atoms with Crippen LogP contribution in [-0.4, -0.2) is 27.5 Å². The van der Waals surface area contributed by atoms with Gasteiger partial charge in [0, 0.05) is 16.5 Å². The van der Waals surface area contributed by atoms with Crippen LogP contribution in [0.4, 0.5) is 37.7 Å². The number of benzene rings is 3. The minimum absolute atomic E-state index is 0.144. The number of hydrogen-bond acceptors (Lipinski definition) is 6. The summed E-state index contributed by atoms with van der Waals surface area (Å²) < 4.78 is 81.5. The molecule has 0 radical (unpaired) electrons. The Morgan fingerprint density at radius 3 is 2.02 bits per heavy atom. The first-order valence-electron chi connectivity index (χ1n) is 14.9. The van der Waals surface area contributed by atoms with Gasteiger partial charge < -0.3 is 5.32 Å². The average Bonchev–Trinajstić information content (AvgIpc) is 3.46. The molecule has 49 heavy (non-hydrogen) atoms. The lowest BCUT2D eigenvalue weighted by atomic mass is 9.81. The predicted molar refractivity (Wildman–Crippen MR) is 173 cm³/mol. The SMILES string of the molecule is CC(C)(C)c1ccc([C@@H]2c3sc(=O)n(CC(=O)Nc4cccc(C(F)(F)F)c4)c3S[C@@H]3C(=O)N(c4cccc(C(F)(F)F)c4)C(=O)[C@H]23)cc1. The lowest BCUT2D eigenvalue weighted by Gasteiger charge is -2.31. The Morgan fingerprint density at radius 1 is 0.796 bits per heavy atom. The number of fused-ring (bicyclic) bond motifs is 2. The monoisotopic (exact) mass is 719 g/mol. The van der Waals surface area contributed by atoms with Crippen LogP contribution in [0.1, 0.15) is 53.8 Å². The number of amides is 3. The number of alkyl halides is 6. The zero-order valence-corrected chi connectivity index (χ0v) is 27.6. The summed E-state index contributed by atoms with van der Waals surface area (Å²) in [5.74, 6) is -4.28. The Morgan fingerprint density at radius 2 is 1.41 bits per heavy atom. The van der Waals surface area contributed by atoms with Crippen molar-refractivity contribution < 1.29 is 40.7 Å². The second-order valence-electron chi connectivity index (χ2n) is 12.7. The smallest absolute Gasteiger partial charge is 0.325 e. The van der Waals surface area contributed by atoms with Crippen LogP contribution < -0.4 is 15.1 Å². The highest BCUT2D eigenvalue weighted by Crippen LogP contribution is 2.54. The Labute approximate surface area is 283 Å². The Balaban J connectivity index is 1.40. The number of halogens is 6. The van der Waals surface area contributed by atoms with E-state index in [1.54, 1.807) is 12.1 Å². The molecule has 4 aromatic rings. The van der Waals surface area contributed by atoms with Crippen molar-refractivity contribution in [3.63, 3.8) is 0 Å². The fourth-order valence-corrected chi connectivity index (χ4v) is 8.77. The van der Waals surface area contributed by atoms with Gasteiger partial charge in [0.1, 0.15) is 11.8 Å². The summed E-state index contributed by atoms with van der Waals surface area (Å²) in [5.41, 5.74) is -1.09. The Hall–Kier alpha value is -4.37. The molecule has 3 aromatic carbocycles. The predicted octanol–water partition coefficient (Wildman–Crippen LogP) is 7.68. The molecule has 0 bridgehead atoms. The number of imide groups is 1. The second kappa shape index (κ2) is 12.2. The highest BCUT2D eigenvalue weighted by molar-refractivity contribution is 8.00. The lowest BCUT2D eigenvalue weighted by Crippen LogP contribution is -2.33. The van der Waals surface area contributed by atoms with Crippen molar-refractivity contribution >= 4 is 52.2 Å². The van der Waals surface area contributed by atoms with E-state index in [9.17, 15) is 45.5 Å². The number of hydrogen-bond donors (Lipinski definition) is 1. The van der Waals surface area contributed by atoms with E-state index >= 15 is 0 Å². The number of nitrogens with one attached hydrogen (secondary N) is 1. The number of anilines is 2. The van der Waals surface area contributed by atoms with Gasteiger partial charge in [-0.3, -0.25) is 23.7 Å². The maximum Gasteiger partial charge on any atom is 0.416 e. The normalized spacial score (nSPS) is 19.5. The molecule has 6 rings (SSSR count). The summed E-state index contributed by atoms with van der Waals surface area (Å²) in [5, 5.41) is 1.43. The van der Waals surface area contributed by atoms with Crippen LogP contribution in [-0.2, 0) is 38.7 Å². The van der Waals surface area contributed by atoms with E-state index in [4.69, 9.17) is 0 Å². The second-order valence-corrected chi connectivity index (χ2v) is 14.8. The van der Waals surface area contributed by atoms with Crippen molar-refractivity contribution in [2.75, 3.05) is 10.2 Å². The fourth-order valence-electron chi connectivity index (χ4n) is 6.00. The standard InChI is InChI=1S/C34H27F6N3O4S2/c1-32(2,3)18-12-10-17(11-13-18)24-25-26(29(46)43(28(25)45)22-9-5-7-20(15-22)34(38,39)40)48-30-27(24)49-31(47)42(30)16-23(44)41-21-8-4-6-19(14-21)33(35,36)37/h4-15,24-26H,16H2,1-3H3,(H,41,44)/t24-,25+,26-/m0/s1. The third-order valence-electron chi connectivity index (χ3n) is 8.39. The van der Waals surface area contributed by atoms with Crippen molar-refractivity contribution in [2.45, 2.75) is 61.3 Å². The molecule has 7 nitrogen and oxygen atoms in total. The fraction of sp³-hybridized carbons (Fsp3) is 0.294. The summed E-state index contributed by atoms with van der Waals surface area (Å²) in [6.07, 6.45) is -9.37. The van der Waals surface area contributed by atoms with Gasteiger partial charge in [0.25, 0.3) is 0 Å². The number of thiazole rings is 1. The zero-order valence-electron chi connectivity index (χ0n) is 26.0. The van der Waals surface area contributed by atoms with Gasteiger partial charge in [-0.05, 0) is 52.9 Å². The summed E-state index contributed by atoms with van der Waals surface area (Å²) in [6.45, 7) is 5.42. The van der Waals surface area contributed by atoms with Crippen LogP contribution in [0.25, 0.3) is 0 Å². The molecule has 1 saturated heterocycles. The number of carbonyl (C=O) groups excluding carboxylic acids is 3. The topological polar surface area (TPSA) is 88.5 Å². The number of nitrogens with zero attached hydrogens (tertiary/aromatic N) is 2. The molecule has 15 heteroatoms. The highest BCUT2D eigenvalue weighted by Gasteiger charge is 2.57. The molecule has 3 atom stereocenters. The van der Waals surface area contributed by atoms with Crippen LogP contribution >= 0.6 is 23.1 Å². The van der Waals surface area contributed by atoms with E-state index < -0.39 is 69.7 Å². The van der Waals surface area contributed by atoms with Gasteiger partial charge in [-0.2, -0.15) is 26.3 Å². The van der Waals surface area contributed by atoms with Gasteiger partial charge in [0.15, 0.2) is 0 Å². The molecule has 2 aliphatic rings. The maximum absolute atomic E-state index is 14.1. The summed E-state index contributed by atoms with van der Waals surface area (Å²) >= 11 is 1.63. The minimum atomic E-state index is -4.73. The zero-order chi connectivity index (χ0) is 35.6.